The smallest absolute Gasteiger partial charge is 0.323 e. The van der Waals surface area contributed by atoms with Gasteiger partial charge in [-0.3, -0.25) is 0 Å². The van der Waals surface area contributed by atoms with Gasteiger partial charge in [-0.2, -0.15) is 15.0 Å². The lowest BCUT2D eigenvalue weighted by Gasteiger charge is -2.16. The Morgan fingerprint density at radius 3 is 2.62 bits per heavy atom. The van der Waals surface area contributed by atoms with Gasteiger partial charge in [0.25, 0.3) is 0 Å². The third-order valence-electron chi connectivity index (χ3n) is 2.82. The maximum absolute atomic E-state index is 5.40. The van der Waals surface area contributed by atoms with Crippen LogP contribution in [0.1, 0.15) is 38.1 Å². The minimum absolute atomic E-state index is 0.191. The van der Waals surface area contributed by atoms with E-state index in [0.717, 1.165) is 13.0 Å². The summed E-state index contributed by atoms with van der Waals surface area (Å²) in [4.78, 5) is 14.2. The van der Waals surface area contributed by atoms with Gasteiger partial charge in [0, 0.05) is 11.4 Å². The van der Waals surface area contributed by atoms with E-state index in [-0.39, 0.29) is 6.04 Å². The summed E-state index contributed by atoms with van der Waals surface area (Å²) >= 11 is 1.72. The average molecular weight is 307 g/mol. The molecule has 114 valence electrons. The van der Waals surface area contributed by atoms with Gasteiger partial charge in [-0.25, -0.2) is 0 Å². The van der Waals surface area contributed by atoms with Crippen molar-refractivity contribution in [2.75, 3.05) is 23.8 Å². The first kappa shape index (κ1) is 15.5. The van der Waals surface area contributed by atoms with Crippen molar-refractivity contribution in [2.45, 2.75) is 33.2 Å². The van der Waals surface area contributed by atoms with Crippen LogP contribution in [-0.4, -0.2) is 28.1 Å². The summed E-state index contributed by atoms with van der Waals surface area (Å²) in [5.41, 5.74) is 0. The fourth-order valence-corrected chi connectivity index (χ4v) is 2.73. The van der Waals surface area contributed by atoms with Gasteiger partial charge in [0.15, 0.2) is 0 Å². The summed E-state index contributed by atoms with van der Waals surface area (Å²) in [6.07, 6.45) is 0.951. The molecule has 0 aliphatic heterocycles. The van der Waals surface area contributed by atoms with E-state index >= 15 is 0 Å². The highest BCUT2D eigenvalue weighted by atomic mass is 32.1. The average Bonchev–Trinajstić information content (AvgIpc) is 2.99. The second-order valence-corrected chi connectivity index (χ2v) is 5.33. The molecule has 0 aromatic carbocycles. The Labute approximate surface area is 129 Å². The molecule has 21 heavy (non-hydrogen) atoms. The number of nitrogens with one attached hydrogen (secondary N) is 2. The summed E-state index contributed by atoms with van der Waals surface area (Å²) in [5.74, 6) is 1.06. The number of aromatic nitrogens is 3. The predicted molar refractivity (Wildman–Crippen MR) is 86.1 cm³/mol. The van der Waals surface area contributed by atoms with Crippen molar-refractivity contribution in [3.8, 4) is 6.01 Å². The summed E-state index contributed by atoms with van der Waals surface area (Å²) in [7, 11) is 0. The zero-order valence-corrected chi connectivity index (χ0v) is 13.4. The van der Waals surface area contributed by atoms with Crippen molar-refractivity contribution in [3.63, 3.8) is 0 Å². The van der Waals surface area contributed by atoms with Crippen LogP contribution in [0.2, 0.25) is 0 Å². The Kier molecular flexibility index (Phi) is 5.74. The second-order valence-electron chi connectivity index (χ2n) is 4.35. The van der Waals surface area contributed by atoms with Gasteiger partial charge in [-0.15, -0.1) is 11.3 Å². The molecule has 2 rings (SSSR count). The molecule has 2 aromatic rings. The fourth-order valence-electron chi connectivity index (χ4n) is 1.87. The Morgan fingerprint density at radius 1 is 1.19 bits per heavy atom. The zero-order valence-electron chi connectivity index (χ0n) is 12.6. The van der Waals surface area contributed by atoms with E-state index in [1.54, 1.807) is 11.3 Å². The minimum atomic E-state index is 0.191. The Balaban J connectivity index is 2.20. The largest absolute Gasteiger partial charge is 0.464 e. The van der Waals surface area contributed by atoms with E-state index in [1.807, 2.05) is 19.9 Å². The maximum atomic E-state index is 5.40. The molecule has 2 heterocycles. The molecule has 1 atom stereocenters. The molecule has 0 aliphatic rings. The molecule has 0 saturated carbocycles. The van der Waals surface area contributed by atoms with Gasteiger partial charge in [0.1, 0.15) is 0 Å². The monoisotopic (exact) mass is 307 g/mol. The highest BCUT2D eigenvalue weighted by molar-refractivity contribution is 7.10. The molecule has 2 N–H and O–H groups in total. The zero-order chi connectivity index (χ0) is 15.1. The Hall–Kier alpha value is -1.89. The van der Waals surface area contributed by atoms with E-state index in [1.165, 1.54) is 4.88 Å². The van der Waals surface area contributed by atoms with Crippen molar-refractivity contribution in [2.24, 2.45) is 0 Å². The topological polar surface area (TPSA) is 72.0 Å². The summed E-state index contributed by atoms with van der Waals surface area (Å²) in [6.45, 7) is 7.31. The van der Waals surface area contributed by atoms with Crippen molar-refractivity contribution >= 4 is 23.2 Å². The standard InChI is InChI=1S/C14H21N5OS/c1-4-10(11-8-7-9-21-11)16-13-17-12(15-5-2)18-14(19-13)20-6-3/h7-10H,4-6H2,1-3H3,(H2,15,16,17,18,19). The maximum Gasteiger partial charge on any atom is 0.323 e. The summed E-state index contributed by atoms with van der Waals surface area (Å²) in [5, 5.41) is 8.52. The van der Waals surface area contributed by atoms with E-state index < -0.39 is 0 Å². The molecule has 0 aliphatic carbocycles. The number of hydrogen-bond acceptors (Lipinski definition) is 7. The van der Waals surface area contributed by atoms with Crippen molar-refractivity contribution in [1.82, 2.24) is 15.0 Å². The van der Waals surface area contributed by atoms with Crippen molar-refractivity contribution in [3.05, 3.63) is 22.4 Å². The van der Waals surface area contributed by atoms with Crippen LogP contribution in [0.15, 0.2) is 17.5 Å². The SMILES string of the molecule is CCNc1nc(NC(CC)c2cccs2)nc(OCC)n1. The summed E-state index contributed by atoms with van der Waals surface area (Å²) < 4.78 is 5.40. The van der Waals surface area contributed by atoms with Crippen LogP contribution in [0.25, 0.3) is 0 Å². The first-order valence-electron chi connectivity index (χ1n) is 7.19. The van der Waals surface area contributed by atoms with Crippen LogP contribution in [-0.2, 0) is 0 Å². The molecule has 0 bridgehead atoms. The molecular formula is C14H21N5OS. The molecule has 6 nitrogen and oxygen atoms in total. The van der Waals surface area contributed by atoms with Crippen LogP contribution >= 0.6 is 11.3 Å². The van der Waals surface area contributed by atoms with E-state index in [4.69, 9.17) is 4.74 Å². The number of nitrogens with zero attached hydrogens (tertiary/aromatic N) is 3. The Morgan fingerprint density at radius 2 is 2.00 bits per heavy atom. The van der Waals surface area contributed by atoms with Crippen LogP contribution in [0.4, 0.5) is 11.9 Å². The van der Waals surface area contributed by atoms with Crippen LogP contribution < -0.4 is 15.4 Å². The molecule has 0 spiro atoms. The third-order valence-corrected chi connectivity index (χ3v) is 3.81. The lowest BCUT2D eigenvalue weighted by Crippen LogP contribution is -2.14. The van der Waals surface area contributed by atoms with Gasteiger partial charge in [-0.05, 0) is 31.7 Å². The van der Waals surface area contributed by atoms with Gasteiger partial charge in [0.05, 0.1) is 12.6 Å². The van der Waals surface area contributed by atoms with Crippen molar-refractivity contribution < 1.29 is 4.74 Å². The normalized spacial score (nSPS) is 12.0. The molecule has 2 aromatic heterocycles. The van der Waals surface area contributed by atoms with Gasteiger partial charge in [0.2, 0.25) is 11.9 Å². The fraction of sp³-hybridized carbons (Fsp3) is 0.500. The third kappa shape index (κ3) is 4.29. The van der Waals surface area contributed by atoms with E-state index in [2.05, 4.69) is 44.0 Å². The number of anilines is 2. The Bertz CT molecular complexity index is 522. The highest BCUT2D eigenvalue weighted by Crippen LogP contribution is 2.25. The number of ether oxygens (including phenoxy) is 1. The number of hydrogen-bond donors (Lipinski definition) is 2. The first-order valence-corrected chi connectivity index (χ1v) is 8.07. The van der Waals surface area contributed by atoms with Gasteiger partial charge in [-0.1, -0.05) is 13.0 Å². The quantitative estimate of drug-likeness (QED) is 0.779. The molecule has 0 fully saturated rings. The minimum Gasteiger partial charge on any atom is -0.464 e. The molecule has 0 radical (unpaired) electrons. The van der Waals surface area contributed by atoms with E-state index in [0.29, 0.717) is 24.5 Å². The second kappa shape index (κ2) is 7.78. The van der Waals surface area contributed by atoms with E-state index in [9.17, 15) is 0 Å². The number of thiophene rings is 1. The summed E-state index contributed by atoms with van der Waals surface area (Å²) in [6, 6.07) is 4.69. The first-order chi connectivity index (χ1) is 10.3. The predicted octanol–water partition coefficient (Wildman–Crippen LogP) is 3.33. The molecule has 7 heteroatoms. The van der Waals surface area contributed by atoms with Crippen LogP contribution in [0, 0.1) is 0 Å². The lowest BCUT2D eigenvalue weighted by molar-refractivity contribution is 0.312. The molecular weight excluding hydrogens is 286 g/mol. The number of rotatable bonds is 8. The van der Waals surface area contributed by atoms with Crippen LogP contribution in [0.3, 0.4) is 0 Å². The lowest BCUT2D eigenvalue weighted by atomic mass is 10.2. The molecule has 0 saturated heterocycles. The van der Waals surface area contributed by atoms with Crippen LogP contribution in [0.5, 0.6) is 6.01 Å². The highest BCUT2D eigenvalue weighted by Gasteiger charge is 2.14. The van der Waals surface area contributed by atoms with Gasteiger partial charge < -0.3 is 15.4 Å². The van der Waals surface area contributed by atoms with Crippen molar-refractivity contribution in [1.29, 1.82) is 0 Å². The molecule has 1 unspecified atom stereocenters. The van der Waals surface area contributed by atoms with Gasteiger partial charge >= 0.3 is 6.01 Å². The molecule has 0 amide bonds.